The highest BCUT2D eigenvalue weighted by atomic mass is 127. The Labute approximate surface area is 132 Å². The normalized spacial score (nSPS) is 26.5. The van der Waals surface area contributed by atoms with Crippen LogP contribution in [0, 0.1) is 11.3 Å². The van der Waals surface area contributed by atoms with Crippen LogP contribution in [0.1, 0.15) is 54.9 Å². The summed E-state index contributed by atoms with van der Waals surface area (Å²) in [7, 11) is 0. The molecule has 106 valence electrons. The first kappa shape index (κ1) is 16.7. The van der Waals surface area contributed by atoms with E-state index >= 15 is 0 Å². The maximum Gasteiger partial charge on any atom is 0.0114 e. The molecule has 0 heterocycles. The van der Waals surface area contributed by atoms with Crippen LogP contribution in [0.3, 0.4) is 0 Å². The second kappa shape index (κ2) is 6.43. The monoisotopic (exact) mass is 370 g/mol. The van der Waals surface area contributed by atoms with Crippen molar-refractivity contribution in [2.45, 2.75) is 54.9 Å². The van der Waals surface area contributed by atoms with Crippen LogP contribution in [-0.4, -0.2) is 0 Å². The van der Waals surface area contributed by atoms with Gasteiger partial charge in [-0.15, -0.1) is 0 Å². The Bertz CT molecular complexity index is 470. The molecule has 1 aliphatic carbocycles. The molecule has 1 unspecified atom stereocenters. The summed E-state index contributed by atoms with van der Waals surface area (Å²) in [5.74, 6) is 0.553. The summed E-state index contributed by atoms with van der Waals surface area (Å²) >= 11 is 2.46. The van der Waals surface area contributed by atoms with Crippen LogP contribution in [0.5, 0.6) is 0 Å². The SMILES string of the molecule is C/C=C(C)\C=C1/C(C)C(C)=C(/C=C(/I)CC)C1(C)C. The molecule has 0 bridgehead atoms. The van der Waals surface area contributed by atoms with Gasteiger partial charge < -0.3 is 0 Å². The number of halogens is 1. The van der Waals surface area contributed by atoms with Gasteiger partial charge in [0.05, 0.1) is 0 Å². The molecule has 0 fully saturated rings. The molecule has 0 amide bonds. The topological polar surface area (TPSA) is 0 Å². The Hall–Kier alpha value is -0.310. The Morgan fingerprint density at radius 3 is 2.42 bits per heavy atom. The lowest BCUT2D eigenvalue weighted by Gasteiger charge is -2.25. The molecule has 1 rings (SSSR count). The fourth-order valence-corrected chi connectivity index (χ4v) is 3.15. The number of hydrogen-bond acceptors (Lipinski definition) is 0. The van der Waals surface area contributed by atoms with E-state index in [2.05, 4.69) is 89.3 Å². The molecule has 1 atom stereocenters. The minimum atomic E-state index is 0.152. The molecule has 0 saturated heterocycles. The molecule has 1 aliphatic rings. The number of rotatable bonds is 3. The van der Waals surface area contributed by atoms with Crippen molar-refractivity contribution in [1.82, 2.24) is 0 Å². The van der Waals surface area contributed by atoms with Gasteiger partial charge in [-0.1, -0.05) is 56.6 Å². The first-order chi connectivity index (χ1) is 8.75. The van der Waals surface area contributed by atoms with Crippen molar-refractivity contribution in [2.24, 2.45) is 11.3 Å². The second-order valence-corrected chi connectivity index (χ2v) is 7.41. The van der Waals surface area contributed by atoms with Crippen molar-refractivity contribution in [3.8, 4) is 0 Å². The summed E-state index contributed by atoms with van der Waals surface area (Å²) < 4.78 is 1.44. The number of hydrogen-bond donors (Lipinski definition) is 0. The van der Waals surface area contributed by atoms with Gasteiger partial charge in [0.25, 0.3) is 0 Å². The minimum Gasteiger partial charge on any atom is -0.0847 e. The molecule has 0 aliphatic heterocycles. The Balaban J connectivity index is 3.33. The Kier molecular flexibility index (Phi) is 5.66. The van der Waals surface area contributed by atoms with Crippen molar-refractivity contribution in [3.63, 3.8) is 0 Å². The summed E-state index contributed by atoms with van der Waals surface area (Å²) in [6, 6.07) is 0. The first-order valence-electron chi connectivity index (χ1n) is 7.18. The average molecular weight is 370 g/mol. The highest BCUT2D eigenvalue weighted by Gasteiger charge is 2.38. The summed E-state index contributed by atoms with van der Waals surface area (Å²) in [6.45, 7) is 15.9. The maximum absolute atomic E-state index is 2.46. The number of allylic oxidation sites excluding steroid dienone is 8. The van der Waals surface area contributed by atoms with Crippen molar-refractivity contribution >= 4 is 22.6 Å². The summed E-state index contributed by atoms with van der Waals surface area (Å²) in [6.07, 6.45) is 8.09. The fraction of sp³-hybridized carbons (Fsp3) is 0.556. The molecule has 1 heteroatoms. The maximum atomic E-state index is 2.46. The molecule has 0 N–H and O–H groups in total. The lowest BCUT2D eigenvalue weighted by Crippen LogP contribution is -2.14. The zero-order valence-corrected chi connectivity index (χ0v) is 15.6. The fourth-order valence-electron chi connectivity index (χ4n) is 2.84. The lowest BCUT2D eigenvalue weighted by molar-refractivity contribution is 0.541. The van der Waals surface area contributed by atoms with Crippen LogP contribution in [-0.2, 0) is 0 Å². The van der Waals surface area contributed by atoms with Crippen LogP contribution >= 0.6 is 22.6 Å². The van der Waals surface area contributed by atoms with E-state index in [1.165, 1.54) is 20.3 Å². The van der Waals surface area contributed by atoms with E-state index in [9.17, 15) is 0 Å². The molecule has 0 spiro atoms. The molecule has 0 nitrogen and oxygen atoms in total. The highest BCUT2D eigenvalue weighted by Crippen LogP contribution is 2.51. The average Bonchev–Trinajstić information content (AvgIpc) is 2.52. The first-order valence-corrected chi connectivity index (χ1v) is 8.25. The highest BCUT2D eigenvalue weighted by molar-refractivity contribution is 14.1. The third-order valence-corrected chi connectivity index (χ3v) is 5.49. The lowest BCUT2D eigenvalue weighted by atomic mass is 9.79. The third kappa shape index (κ3) is 3.42. The van der Waals surface area contributed by atoms with E-state index in [1.54, 1.807) is 5.57 Å². The third-order valence-electron chi connectivity index (χ3n) is 4.41. The smallest absolute Gasteiger partial charge is 0.0114 e. The van der Waals surface area contributed by atoms with Crippen LogP contribution in [0.25, 0.3) is 0 Å². The Morgan fingerprint density at radius 2 is 1.95 bits per heavy atom. The molecule has 0 saturated carbocycles. The van der Waals surface area contributed by atoms with Crippen molar-refractivity contribution in [2.75, 3.05) is 0 Å². The predicted octanol–water partition coefficient (Wildman–Crippen LogP) is 6.60. The van der Waals surface area contributed by atoms with Gasteiger partial charge in [-0.2, -0.15) is 0 Å². The van der Waals surface area contributed by atoms with Gasteiger partial charge in [-0.3, -0.25) is 0 Å². The van der Waals surface area contributed by atoms with Gasteiger partial charge >= 0.3 is 0 Å². The van der Waals surface area contributed by atoms with E-state index < -0.39 is 0 Å². The van der Waals surface area contributed by atoms with Gasteiger partial charge in [0.15, 0.2) is 0 Å². The van der Waals surface area contributed by atoms with Gasteiger partial charge in [-0.25, -0.2) is 0 Å². The van der Waals surface area contributed by atoms with E-state index in [0.717, 1.165) is 6.42 Å². The largest absolute Gasteiger partial charge is 0.0847 e. The molecular formula is C18H27I. The summed E-state index contributed by atoms with van der Waals surface area (Å²) in [4.78, 5) is 0. The molecule has 0 radical (unpaired) electrons. The molecule has 19 heavy (non-hydrogen) atoms. The van der Waals surface area contributed by atoms with E-state index in [0.29, 0.717) is 5.92 Å². The summed E-state index contributed by atoms with van der Waals surface area (Å²) in [5, 5.41) is 0. The zero-order chi connectivity index (χ0) is 14.8. The quantitative estimate of drug-likeness (QED) is 0.491. The Morgan fingerprint density at radius 1 is 1.37 bits per heavy atom. The van der Waals surface area contributed by atoms with Crippen LogP contribution < -0.4 is 0 Å². The summed E-state index contributed by atoms with van der Waals surface area (Å²) in [5.41, 5.74) is 6.11. The molecule has 0 aromatic carbocycles. The van der Waals surface area contributed by atoms with Crippen molar-refractivity contribution in [1.29, 1.82) is 0 Å². The molecule has 0 aromatic heterocycles. The van der Waals surface area contributed by atoms with Crippen molar-refractivity contribution < 1.29 is 0 Å². The van der Waals surface area contributed by atoms with Gasteiger partial charge in [0, 0.05) is 5.41 Å². The second-order valence-electron chi connectivity index (χ2n) is 6.02. The van der Waals surface area contributed by atoms with Crippen LogP contribution in [0.2, 0.25) is 0 Å². The van der Waals surface area contributed by atoms with Gasteiger partial charge in [0.2, 0.25) is 0 Å². The predicted molar refractivity (Wildman–Crippen MR) is 95.6 cm³/mol. The van der Waals surface area contributed by atoms with Gasteiger partial charge in [-0.05, 0) is 70.9 Å². The molecular weight excluding hydrogens is 343 g/mol. The minimum absolute atomic E-state index is 0.152. The van der Waals surface area contributed by atoms with E-state index in [4.69, 9.17) is 0 Å². The standard InChI is InChI=1S/C18H27I/c1-8-12(3)10-16-13(4)14(5)17(18(16,6)7)11-15(19)9-2/h8,10-11,13H,9H2,1-7H3/b12-8-,15-11+,16-10+. The van der Waals surface area contributed by atoms with Crippen molar-refractivity contribution in [3.05, 3.63) is 44.1 Å². The zero-order valence-electron chi connectivity index (χ0n) is 13.4. The van der Waals surface area contributed by atoms with E-state index in [-0.39, 0.29) is 5.41 Å². The van der Waals surface area contributed by atoms with Gasteiger partial charge in [0.1, 0.15) is 0 Å². The van der Waals surface area contributed by atoms with Crippen LogP contribution in [0.4, 0.5) is 0 Å². The van der Waals surface area contributed by atoms with E-state index in [1.807, 2.05) is 0 Å². The molecule has 0 aromatic rings. The van der Waals surface area contributed by atoms with Crippen LogP contribution in [0.15, 0.2) is 44.1 Å².